The molecular weight excluding hydrogens is 438 g/mol. The van der Waals surface area contributed by atoms with Gasteiger partial charge in [-0.3, -0.25) is 14.2 Å². The minimum Gasteiger partial charge on any atom is -0.341 e. The first-order valence-electron chi connectivity index (χ1n) is 10.4. The van der Waals surface area contributed by atoms with E-state index >= 15 is 0 Å². The number of carbonyl (C=O) groups excluding carboxylic acids is 1. The third-order valence-electron chi connectivity index (χ3n) is 5.29. The largest absolute Gasteiger partial charge is 0.341 e. The molecule has 0 N–H and O–H groups in total. The fraction of sp³-hybridized carbons (Fsp3) is 0.240. The number of hydrogen-bond donors (Lipinski definition) is 0. The summed E-state index contributed by atoms with van der Waals surface area (Å²) in [5, 5.41) is 5.14. The first kappa shape index (κ1) is 22.3. The van der Waals surface area contributed by atoms with Gasteiger partial charge in [0, 0.05) is 13.6 Å². The van der Waals surface area contributed by atoms with Gasteiger partial charge >= 0.3 is 0 Å². The van der Waals surface area contributed by atoms with Gasteiger partial charge in [-0.2, -0.15) is 11.3 Å². The average molecular weight is 464 g/mol. The van der Waals surface area contributed by atoms with Gasteiger partial charge < -0.3 is 4.90 Å². The second-order valence-electron chi connectivity index (χ2n) is 7.94. The third kappa shape index (κ3) is 4.64. The van der Waals surface area contributed by atoms with Crippen LogP contribution in [0.15, 0.2) is 75.3 Å². The quantitative estimate of drug-likeness (QED) is 0.275. The fourth-order valence-corrected chi connectivity index (χ4v) is 5.19. The van der Waals surface area contributed by atoms with Crippen molar-refractivity contribution >= 4 is 39.9 Å². The molecule has 0 saturated carbocycles. The number of carbonyl (C=O) groups is 1. The van der Waals surface area contributed by atoms with Crippen molar-refractivity contribution < 1.29 is 4.79 Å². The molecule has 0 spiro atoms. The highest BCUT2D eigenvalue weighted by atomic mass is 32.2. The van der Waals surface area contributed by atoms with Crippen LogP contribution in [0.3, 0.4) is 0 Å². The molecular formula is C25H25N3O2S2. The zero-order valence-electron chi connectivity index (χ0n) is 18.3. The number of benzene rings is 2. The van der Waals surface area contributed by atoms with Gasteiger partial charge in [-0.15, -0.1) is 0 Å². The van der Waals surface area contributed by atoms with Gasteiger partial charge in [0.15, 0.2) is 5.16 Å². The zero-order chi connectivity index (χ0) is 22.7. The smallest absolute Gasteiger partial charge is 0.266 e. The number of fused-ring (bicyclic) bond motifs is 1. The van der Waals surface area contributed by atoms with Crippen molar-refractivity contribution in [1.29, 1.82) is 0 Å². The minimum absolute atomic E-state index is 0.00713. The molecule has 0 radical (unpaired) electrons. The van der Waals surface area contributed by atoms with E-state index in [4.69, 9.17) is 4.98 Å². The van der Waals surface area contributed by atoms with E-state index in [0.717, 1.165) is 16.8 Å². The van der Waals surface area contributed by atoms with Crippen molar-refractivity contribution in [2.45, 2.75) is 31.5 Å². The van der Waals surface area contributed by atoms with E-state index in [2.05, 4.69) is 13.8 Å². The Bertz CT molecular complexity index is 1300. The van der Waals surface area contributed by atoms with E-state index in [9.17, 15) is 9.59 Å². The molecule has 1 amide bonds. The van der Waals surface area contributed by atoms with Crippen molar-refractivity contribution in [1.82, 2.24) is 14.5 Å². The normalized spacial score (nSPS) is 11.2. The van der Waals surface area contributed by atoms with Crippen LogP contribution < -0.4 is 5.56 Å². The summed E-state index contributed by atoms with van der Waals surface area (Å²) in [4.78, 5) is 32.8. The summed E-state index contributed by atoms with van der Waals surface area (Å²) in [6, 6.07) is 17.3. The Morgan fingerprint density at radius 2 is 1.88 bits per heavy atom. The van der Waals surface area contributed by atoms with Crippen LogP contribution in [0.4, 0.5) is 0 Å². The molecule has 4 aromatic rings. The summed E-state index contributed by atoms with van der Waals surface area (Å²) in [5.41, 5.74) is 3.51. The second-order valence-corrected chi connectivity index (χ2v) is 9.66. The van der Waals surface area contributed by atoms with Gasteiger partial charge in [0.1, 0.15) is 0 Å². The highest BCUT2D eigenvalue weighted by molar-refractivity contribution is 7.99. The number of hydrogen-bond acceptors (Lipinski definition) is 5. The molecule has 2 aromatic carbocycles. The summed E-state index contributed by atoms with van der Waals surface area (Å²) in [6.45, 7) is 4.78. The lowest BCUT2D eigenvalue weighted by atomic mass is 10.0. The lowest BCUT2D eigenvalue weighted by molar-refractivity contribution is -0.127. The monoisotopic (exact) mass is 463 g/mol. The molecule has 0 saturated heterocycles. The van der Waals surface area contributed by atoms with E-state index in [1.54, 1.807) is 33.9 Å². The Balaban J connectivity index is 1.71. The van der Waals surface area contributed by atoms with Crippen molar-refractivity contribution in [3.8, 4) is 5.69 Å². The molecule has 0 unspecified atom stereocenters. The Labute approximate surface area is 195 Å². The van der Waals surface area contributed by atoms with Crippen LogP contribution >= 0.6 is 23.1 Å². The summed E-state index contributed by atoms with van der Waals surface area (Å²) in [5.74, 6) is 0.433. The molecule has 0 aliphatic carbocycles. The van der Waals surface area contributed by atoms with Crippen LogP contribution in [0.25, 0.3) is 16.6 Å². The van der Waals surface area contributed by atoms with Crippen LogP contribution in [-0.2, 0) is 11.3 Å². The van der Waals surface area contributed by atoms with Crippen molar-refractivity contribution in [3.05, 3.63) is 86.8 Å². The molecule has 7 heteroatoms. The van der Waals surface area contributed by atoms with Crippen LogP contribution in [-0.4, -0.2) is 33.2 Å². The minimum atomic E-state index is -0.120. The van der Waals surface area contributed by atoms with Crippen LogP contribution in [0.2, 0.25) is 0 Å². The van der Waals surface area contributed by atoms with Crippen LogP contribution in [0.1, 0.15) is 30.9 Å². The molecule has 2 aromatic heterocycles. The number of rotatable bonds is 7. The Hall–Kier alpha value is -2.90. The highest BCUT2D eigenvalue weighted by Gasteiger charge is 2.19. The number of thioether (sulfide) groups is 1. The Kier molecular flexibility index (Phi) is 6.77. The van der Waals surface area contributed by atoms with Crippen molar-refractivity contribution in [2.24, 2.45) is 0 Å². The molecule has 164 valence electrons. The number of amides is 1. The third-order valence-corrected chi connectivity index (χ3v) is 6.95. The average Bonchev–Trinajstić information content (AvgIpc) is 3.30. The van der Waals surface area contributed by atoms with Gasteiger partial charge in [0.2, 0.25) is 5.91 Å². The molecule has 0 aliphatic heterocycles. The van der Waals surface area contributed by atoms with Crippen LogP contribution in [0, 0.1) is 0 Å². The molecule has 4 rings (SSSR count). The second kappa shape index (κ2) is 9.71. The topological polar surface area (TPSA) is 55.2 Å². The molecule has 2 heterocycles. The SMILES string of the molecule is CC(C)c1ccccc1-n1c(SCC(=O)N(C)Cc2ccsc2)nc2ccccc2c1=O. The summed E-state index contributed by atoms with van der Waals surface area (Å²) >= 11 is 2.92. The van der Waals surface area contributed by atoms with Crippen molar-refractivity contribution in [2.75, 3.05) is 12.8 Å². The molecule has 0 aliphatic rings. The van der Waals surface area contributed by atoms with E-state index in [-0.39, 0.29) is 23.1 Å². The predicted molar refractivity (Wildman–Crippen MR) is 133 cm³/mol. The first-order valence-corrected chi connectivity index (χ1v) is 12.4. The number of nitrogens with zero attached hydrogens (tertiary/aromatic N) is 3. The Morgan fingerprint density at radius 3 is 2.62 bits per heavy atom. The molecule has 32 heavy (non-hydrogen) atoms. The fourth-order valence-electron chi connectivity index (χ4n) is 3.58. The summed E-state index contributed by atoms with van der Waals surface area (Å²) < 4.78 is 1.66. The number of aromatic nitrogens is 2. The van der Waals surface area contributed by atoms with Gasteiger partial charge in [-0.25, -0.2) is 4.98 Å². The Morgan fingerprint density at radius 1 is 1.12 bits per heavy atom. The molecule has 5 nitrogen and oxygen atoms in total. The van der Waals surface area contributed by atoms with Gasteiger partial charge in [0.25, 0.3) is 5.56 Å². The van der Waals surface area contributed by atoms with Crippen molar-refractivity contribution in [3.63, 3.8) is 0 Å². The maximum absolute atomic E-state index is 13.5. The van der Waals surface area contributed by atoms with Gasteiger partial charge in [-0.1, -0.05) is 55.9 Å². The lowest BCUT2D eigenvalue weighted by Gasteiger charge is -2.19. The summed E-state index contributed by atoms with van der Waals surface area (Å²) in [6.07, 6.45) is 0. The van der Waals surface area contributed by atoms with Gasteiger partial charge in [0.05, 0.1) is 22.3 Å². The standard InChI is InChI=1S/C25H25N3O2S2/c1-17(2)19-8-5-7-11-22(19)28-24(30)20-9-4-6-10-21(20)26-25(28)32-16-23(29)27(3)14-18-12-13-31-15-18/h4-13,15,17H,14,16H2,1-3H3. The predicted octanol–water partition coefficient (Wildman–Crippen LogP) is 5.32. The highest BCUT2D eigenvalue weighted by Crippen LogP contribution is 2.27. The van der Waals surface area contributed by atoms with Gasteiger partial charge in [-0.05, 0) is 52.1 Å². The van der Waals surface area contributed by atoms with E-state index < -0.39 is 0 Å². The van der Waals surface area contributed by atoms with E-state index in [0.29, 0.717) is 22.6 Å². The molecule has 0 fully saturated rings. The number of para-hydroxylation sites is 2. The zero-order valence-corrected chi connectivity index (χ0v) is 20.0. The maximum Gasteiger partial charge on any atom is 0.266 e. The number of thiophene rings is 1. The summed E-state index contributed by atoms with van der Waals surface area (Å²) in [7, 11) is 1.80. The molecule has 0 atom stereocenters. The maximum atomic E-state index is 13.5. The van der Waals surface area contributed by atoms with E-state index in [1.165, 1.54) is 11.8 Å². The lowest BCUT2D eigenvalue weighted by Crippen LogP contribution is -2.28. The molecule has 0 bridgehead atoms. The first-order chi connectivity index (χ1) is 15.5. The van der Waals surface area contributed by atoms with Crippen LogP contribution in [0.5, 0.6) is 0 Å². The van der Waals surface area contributed by atoms with E-state index in [1.807, 2.05) is 59.3 Å².